The zero-order valence-corrected chi connectivity index (χ0v) is 8.42. The Morgan fingerprint density at radius 2 is 2.14 bits per heavy atom. The zero-order chi connectivity index (χ0) is 9.80. The number of rotatable bonds is 2. The summed E-state index contributed by atoms with van der Waals surface area (Å²) in [7, 11) is 1.72. The largest absolute Gasteiger partial charge is 0.496 e. The van der Waals surface area contributed by atoms with Crippen LogP contribution >= 0.6 is 0 Å². The Morgan fingerprint density at radius 1 is 1.29 bits per heavy atom. The van der Waals surface area contributed by atoms with Crippen LogP contribution < -0.4 is 10.1 Å². The van der Waals surface area contributed by atoms with Crippen molar-refractivity contribution in [2.75, 3.05) is 20.2 Å². The number of ether oxygens (including phenoxy) is 1. The van der Waals surface area contributed by atoms with Crippen molar-refractivity contribution in [3.05, 3.63) is 35.9 Å². The van der Waals surface area contributed by atoms with E-state index in [1.807, 2.05) is 12.1 Å². The van der Waals surface area contributed by atoms with Gasteiger partial charge in [0.25, 0.3) is 0 Å². The molecular formula is C12H15NO. The molecule has 0 aromatic heterocycles. The molecule has 0 radical (unpaired) electrons. The maximum absolute atomic E-state index is 5.34. The van der Waals surface area contributed by atoms with Crippen LogP contribution in [0.4, 0.5) is 0 Å². The summed E-state index contributed by atoms with van der Waals surface area (Å²) in [6.45, 7) is 2.03. The molecule has 1 aromatic carbocycles. The molecule has 2 heteroatoms. The van der Waals surface area contributed by atoms with E-state index in [9.17, 15) is 0 Å². The van der Waals surface area contributed by atoms with Crippen molar-refractivity contribution in [1.29, 1.82) is 0 Å². The number of benzene rings is 1. The molecule has 2 nitrogen and oxygen atoms in total. The average Bonchev–Trinajstić information content (AvgIpc) is 2.30. The molecule has 0 saturated carbocycles. The molecule has 0 unspecified atom stereocenters. The normalized spacial score (nSPS) is 16.2. The number of methoxy groups -OCH3 is 1. The standard InChI is InChI=1S/C12H15NO/c1-14-12-5-3-2-4-11(12)10-6-8-13-9-7-10/h2-6,13H,7-9H2,1H3. The van der Waals surface area contributed by atoms with Gasteiger partial charge in [-0.15, -0.1) is 0 Å². The van der Waals surface area contributed by atoms with Gasteiger partial charge in [0.1, 0.15) is 5.75 Å². The van der Waals surface area contributed by atoms with Gasteiger partial charge in [0.2, 0.25) is 0 Å². The maximum atomic E-state index is 5.34. The van der Waals surface area contributed by atoms with Crippen LogP contribution in [0.15, 0.2) is 30.3 Å². The van der Waals surface area contributed by atoms with E-state index in [0.29, 0.717) is 0 Å². The predicted octanol–water partition coefficient (Wildman–Crippen LogP) is 2.07. The topological polar surface area (TPSA) is 21.3 Å². The first-order valence-corrected chi connectivity index (χ1v) is 4.95. The van der Waals surface area contributed by atoms with Gasteiger partial charge in [-0.25, -0.2) is 0 Å². The number of para-hydroxylation sites is 1. The third-order valence-corrected chi connectivity index (χ3v) is 2.52. The first kappa shape index (κ1) is 9.28. The highest BCUT2D eigenvalue weighted by Gasteiger charge is 2.09. The Morgan fingerprint density at radius 3 is 2.86 bits per heavy atom. The van der Waals surface area contributed by atoms with Crippen molar-refractivity contribution in [2.45, 2.75) is 6.42 Å². The van der Waals surface area contributed by atoms with E-state index in [4.69, 9.17) is 4.74 Å². The summed E-state index contributed by atoms with van der Waals surface area (Å²) in [6, 6.07) is 8.19. The average molecular weight is 189 g/mol. The maximum Gasteiger partial charge on any atom is 0.126 e. The van der Waals surface area contributed by atoms with E-state index >= 15 is 0 Å². The lowest BCUT2D eigenvalue weighted by molar-refractivity contribution is 0.413. The van der Waals surface area contributed by atoms with Crippen LogP contribution in [0.2, 0.25) is 0 Å². The Labute approximate surface area is 84.6 Å². The summed E-state index contributed by atoms with van der Waals surface area (Å²) < 4.78 is 5.34. The molecule has 0 spiro atoms. The van der Waals surface area contributed by atoms with Crippen molar-refractivity contribution < 1.29 is 4.74 Å². The molecule has 0 atom stereocenters. The molecule has 74 valence electrons. The van der Waals surface area contributed by atoms with E-state index in [2.05, 4.69) is 23.5 Å². The molecule has 0 fully saturated rings. The first-order chi connectivity index (χ1) is 6.92. The minimum Gasteiger partial charge on any atom is -0.496 e. The monoisotopic (exact) mass is 189 g/mol. The van der Waals surface area contributed by atoms with Crippen LogP contribution in [0, 0.1) is 0 Å². The van der Waals surface area contributed by atoms with Crippen molar-refractivity contribution in [2.24, 2.45) is 0 Å². The lowest BCUT2D eigenvalue weighted by Crippen LogP contribution is -2.20. The van der Waals surface area contributed by atoms with E-state index in [-0.39, 0.29) is 0 Å². The van der Waals surface area contributed by atoms with Gasteiger partial charge in [0, 0.05) is 12.1 Å². The highest BCUT2D eigenvalue weighted by atomic mass is 16.5. The fraction of sp³-hybridized carbons (Fsp3) is 0.333. The summed E-state index contributed by atoms with van der Waals surface area (Å²) in [5, 5.41) is 3.30. The van der Waals surface area contributed by atoms with Crippen LogP contribution in [0.1, 0.15) is 12.0 Å². The molecular weight excluding hydrogens is 174 g/mol. The van der Waals surface area contributed by atoms with Gasteiger partial charge < -0.3 is 10.1 Å². The SMILES string of the molecule is COc1ccccc1C1=CCNCC1. The Balaban J connectivity index is 2.34. The molecule has 1 heterocycles. The van der Waals surface area contributed by atoms with Crippen molar-refractivity contribution >= 4 is 5.57 Å². The van der Waals surface area contributed by atoms with E-state index in [0.717, 1.165) is 25.3 Å². The third-order valence-electron chi connectivity index (χ3n) is 2.52. The van der Waals surface area contributed by atoms with Gasteiger partial charge in [-0.3, -0.25) is 0 Å². The molecule has 2 rings (SSSR count). The van der Waals surface area contributed by atoms with Crippen LogP contribution in [0.5, 0.6) is 5.75 Å². The molecule has 0 aliphatic carbocycles. The first-order valence-electron chi connectivity index (χ1n) is 4.95. The summed E-state index contributed by atoms with van der Waals surface area (Å²) in [5.74, 6) is 0.973. The van der Waals surface area contributed by atoms with E-state index in [1.54, 1.807) is 7.11 Å². The lowest BCUT2D eigenvalue weighted by Gasteiger charge is -2.16. The second-order valence-electron chi connectivity index (χ2n) is 3.38. The molecule has 1 aliphatic rings. The summed E-state index contributed by atoms with van der Waals surface area (Å²) in [4.78, 5) is 0. The highest BCUT2D eigenvalue weighted by Crippen LogP contribution is 2.28. The molecule has 1 N–H and O–H groups in total. The second-order valence-corrected chi connectivity index (χ2v) is 3.38. The molecule has 14 heavy (non-hydrogen) atoms. The number of hydrogen-bond acceptors (Lipinski definition) is 2. The van der Waals surface area contributed by atoms with Crippen LogP contribution in [0.25, 0.3) is 5.57 Å². The van der Waals surface area contributed by atoms with Gasteiger partial charge >= 0.3 is 0 Å². The van der Waals surface area contributed by atoms with Gasteiger partial charge in [-0.05, 0) is 24.6 Å². The smallest absolute Gasteiger partial charge is 0.126 e. The Hall–Kier alpha value is -1.28. The van der Waals surface area contributed by atoms with Crippen molar-refractivity contribution in [3.63, 3.8) is 0 Å². The fourth-order valence-electron chi connectivity index (χ4n) is 1.78. The molecule has 1 aromatic rings. The predicted molar refractivity (Wildman–Crippen MR) is 58.5 cm³/mol. The summed E-state index contributed by atoms with van der Waals surface area (Å²) in [5.41, 5.74) is 2.62. The van der Waals surface area contributed by atoms with E-state index in [1.165, 1.54) is 11.1 Å². The molecule has 0 amide bonds. The van der Waals surface area contributed by atoms with Crippen molar-refractivity contribution in [3.8, 4) is 5.75 Å². The van der Waals surface area contributed by atoms with E-state index < -0.39 is 0 Å². The van der Waals surface area contributed by atoms with Crippen LogP contribution in [-0.2, 0) is 0 Å². The van der Waals surface area contributed by atoms with Gasteiger partial charge in [-0.1, -0.05) is 24.3 Å². The quantitative estimate of drug-likeness (QED) is 0.769. The minimum absolute atomic E-state index is 0.966. The third kappa shape index (κ3) is 1.80. The lowest BCUT2D eigenvalue weighted by atomic mass is 9.99. The van der Waals surface area contributed by atoms with Crippen LogP contribution in [-0.4, -0.2) is 20.2 Å². The van der Waals surface area contributed by atoms with Gasteiger partial charge in [-0.2, -0.15) is 0 Å². The Bertz CT molecular complexity index is 344. The van der Waals surface area contributed by atoms with Crippen molar-refractivity contribution in [1.82, 2.24) is 5.32 Å². The fourth-order valence-corrected chi connectivity index (χ4v) is 1.78. The highest BCUT2D eigenvalue weighted by molar-refractivity contribution is 5.71. The minimum atomic E-state index is 0.966. The molecule has 1 aliphatic heterocycles. The van der Waals surface area contributed by atoms with Gasteiger partial charge in [0.15, 0.2) is 0 Å². The zero-order valence-electron chi connectivity index (χ0n) is 8.42. The van der Waals surface area contributed by atoms with Gasteiger partial charge in [0.05, 0.1) is 7.11 Å². The molecule has 0 bridgehead atoms. The summed E-state index contributed by atoms with van der Waals surface area (Å²) in [6.07, 6.45) is 3.32. The Kier molecular flexibility index (Phi) is 2.84. The molecule has 0 saturated heterocycles. The number of nitrogens with one attached hydrogen (secondary N) is 1. The second kappa shape index (κ2) is 4.29. The number of hydrogen-bond donors (Lipinski definition) is 1. The summed E-state index contributed by atoms with van der Waals surface area (Å²) >= 11 is 0. The van der Waals surface area contributed by atoms with Crippen LogP contribution in [0.3, 0.4) is 0 Å².